The van der Waals surface area contributed by atoms with Gasteiger partial charge in [-0.1, -0.05) is 0 Å². The lowest BCUT2D eigenvalue weighted by atomic mass is 10.2. The van der Waals surface area contributed by atoms with Crippen LogP contribution in [0.1, 0.15) is 24.5 Å². The van der Waals surface area contributed by atoms with E-state index in [1.54, 1.807) is 12.4 Å². The second-order valence-corrected chi connectivity index (χ2v) is 3.78. The average molecular weight is 214 g/mol. The Balaban J connectivity index is 2.50. The van der Waals surface area contributed by atoms with E-state index in [0.29, 0.717) is 5.82 Å². The van der Waals surface area contributed by atoms with Gasteiger partial charge in [0.15, 0.2) is 0 Å². The number of hydrogen-bond donors (Lipinski definition) is 1. The maximum atomic E-state index is 5.79. The zero-order valence-corrected chi connectivity index (χ0v) is 9.38. The van der Waals surface area contributed by atoms with Crippen molar-refractivity contribution in [3.63, 3.8) is 0 Å². The van der Waals surface area contributed by atoms with Crippen LogP contribution in [-0.4, -0.2) is 15.0 Å². The maximum Gasteiger partial charge on any atom is 0.145 e. The zero-order valence-electron chi connectivity index (χ0n) is 9.38. The van der Waals surface area contributed by atoms with Crippen LogP contribution in [-0.2, 0) is 0 Å². The van der Waals surface area contributed by atoms with Crippen molar-refractivity contribution < 1.29 is 0 Å². The van der Waals surface area contributed by atoms with Crippen molar-refractivity contribution in [1.82, 2.24) is 15.0 Å². The van der Waals surface area contributed by atoms with Crippen LogP contribution in [0.15, 0.2) is 30.6 Å². The molecule has 0 amide bonds. The van der Waals surface area contributed by atoms with Gasteiger partial charge in [-0.25, -0.2) is 9.97 Å². The van der Waals surface area contributed by atoms with Gasteiger partial charge >= 0.3 is 0 Å². The summed E-state index contributed by atoms with van der Waals surface area (Å²) < 4.78 is 0. The van der Waals surface area contributed by atoms with Crippen LogP contribution in [0.3, 0.4) is 0 Å². The number of pyridine rings is 1. The Labute approximate surface area is 94.6 Å². The first-order valence-electron chi connectivity index (χ1n) is 5.18. The normalized spacial score (nSPS) is 12.4. The highest BCUT2D eigenvalue weighted by Crippen LogP contribution is 2.17. The van der Waals surface area contributed by atoms with E-state index in [9.17, 15) is 0 Å². The van der Waals surface area contributed by atoms with E-state index in [4.69, 9.17) is 5.73 Å². The molecule has 0 aliphatic carbocycles. The number of nitrogens with zero attached hydrogens (tertiary/aromatic N) is 3. The molecule has 2 aromatic rings. The number of nitrogens with two attached hydrogens (primary N) is 1. The summed E-state index contributed by atoms with van der Waals surface area (Å²) in [6, 6.07) is 5.64. The molecule has 4 heteroatoms. The highest BCUT2D eigenvalue weighted by molar-refractivity contribution is 5.57. The van der Waals surface area contributed by atoms with E-state index in [-0.39, 0.29) is 6.04 Å². The molecule has 0 spiro atoms. The van der Waals surface area contributed by atoms with E-state index in [1.807, 2.05) is 32.0 Å². The molecule has 0 aromatic carbocycles. The summed E-state index contributed by atoms with van der Waals surface area (Å²) in [5, 5.41) is 0. The van der Waals surface area contributed by atoms with Crippen molar-refractivity contribution >= 4 is 0 Å². The van der Waals surface area contributed by atoms with E-state index >= 15 is 0 Å². The predicted octanol–water partition coefficient (Wildman–Crippen LogP) is 1.87. The molecule has 0 saturated heterocycles. The topological polar surface area (TPSA) is 64.7 Å². The summed E-state index contributed by atoms with van der Waals surface area (Å²) in [6.45, 7) is 3.81. The number of rotatable bonds is 2. The minimum atomic E-state index is -0.157. The van der Waals surface area contributed by atoms with Crippen LogP contribution >= 0.6 is 0 Å². The van der Waals surface area contributed by atoms with Crippen LogP contribution in [0.2, 0.25) is 0 Å². The van der Waals surface area contributed by atoms with E-state index < -0.39 is 0 Å². The maximum absolute atomic E-state index is 5.79. The Morgan fingerprint density at radius 3 is 2.75 bits per heavy atom. The van der Waals surface area contributed by atoms with Gasteiger partial charge in [-0.15, -0.1) is 0 Å². The molecule has 2 N–H and O–H groups in total. The third-order valence-corrected chi connectivity index (χ3v) is 2.24. The Kier molecular flexibility index (Phi) is 2.92. The fourth-order valence-corrected chi connectivity index (χ4v) is 1.46. The molecule has 4 nitrogen and oxygen atoms in total. The average Bonchev–Trinajstić information content (AvgIpc) is 2.29. The largest absolute Gasteiger partial charge is 0.322 e. The van der Waals surface area contributed by atoms with Gasteiger partial charge in [0.05, 0.1) is 11.7 Å². The lowest BCUT2D eigenvalue weighted by Crippen LogP contribution is -2.11. The van der Waals surface area contributed by atoms with E-state index in [2.05, 4.69) is 15.0 Å². The molecule has 0 aliphatic rings. The van der Waals surface area contributed by atoms with Crippen molar-refractivity contribution in [1.29, 1.82) is 0 Å². The molecule has 0 saturated carbocycles. The molecule has 2 rings (SSSR count). The Morgan fingerprint density at radius 2 is 2.12 bits per heavy atom. The van der Waals surface area contributed by atoms with Crippen LogP contribution in [0.5, 0.6) is 0 Å². The van der Waals surface area contributed by atoms with Gasteiger partial charge in [-0.2, -0.15) is 0 Å². The fourth-order valence-electron chi connectivity index (χ4n) is 1.46. The van der Waals surface area contributed by atoms with Gasteiger partial charge in [-0.05, 0) is 32.0 Å². The quantitative estimate of drug-likeness (QED) is 0.828. The molecule has 1 unspecified atom stereocenters. The van der Waals surface area contributed by atoms with Gasteiger partial charge in [0.2, 0.25) is 0 Å². The highest BCUT2D eigenvalue weighted by atomic mass is 14.9. The third-order valence-electron chi connectivity index (χ3n) is 2.24. The first kappa shape index (κ1) is 10.7. The minimum Gasteiger partial charge on any atom is -0.322 e. The number of hydrogen-bond acceptors (Lipinski definition) is 4. The van der Waals surface area contributed by atoms with Crippen molar-refractivity contribution in [2.24, 2.45) is 5.73 Å². The Bertz CT molecular complexity index is 480. The van der Waals surface area contributed by atoms with Gasteiger partial charge in [0.1, 0.15) is 5.82 Å². The molecular formula is C12H14N4. The predicted molar refractivity (Wildman–Crippen MR) is 62.6 cm³/mol. The summed E-state index contributed by atoms with van der Waals surface area (Å²) in [5.41, 5.74) is 8.56. The summed E-state index contributed by atoms with van der Waals surface area (Å²) in [4.78, 5) is 12.8. The highest BCUT2D eigenvalue weighted by Gasteiger charge is 2.07. The van der Waals surface area contributed by atoms with Crippen LogP contribution < -0.4 is 5.73 Å². The van der Waals surface area contributed by atoms with Gasteiger partial charge in [0, 0.05) is 23.7 Å². The minimum absolute atomic E-state index is 0.157. The summed E-state index contributed by atoms with van der Waals surface area (Å²) >= 11 is 0. The SMILES string of the molecule is Cc1cc(-c2cccnc2)nc(C(C)N)n1. The standard InChI is InChI=1S/C12H14N4/c1-8-6-11(10-4-3-5-14-7-10)16-12(15-8)9(2)13/h3-7,9H,13H2,1-2H3. The molecule has 1 atom stereocenters. The van der Waals surface area contributed by atoms with Crippen molar-refractivity contribution in [2.75, 3.05) is 0 Å². The van der Waals surface area contributed by atoms with Crippen molar-refractivity contribution in [3.8, 4) is 11.3 Å². The molecule has 2 heterocycles. The van der Waals surface area contributed by atoms with Gasteiger partial charge in [-0.3, -0.25) is 4.98 Å². The monoisotopic (exact) mass is 214 g/mol. The molecule has 0 aliphatic heterocycles. The molecular weight excluding hydrogens is 200 g/mol. The third kappa shape index (κ3) is 2.23. The molecule has 0 fully saturated rings. The second-order valence-electron chi connectivity index (χ2n) is 3.78. The second kappa shape index (κ2) is 4.37. The van der Waals surface area contributed by atoms with Crippen LogP contribution in [0, 0.1) is 6.92 Å². The van der Waals surface area contributed by atoms with Gasteiger partial charge in [0.25, 0.3) is 0 Å². The molecule has 82 valence electrons. The van der Waals surface area contributed by atoms with Crippen LogP contribution in [0.25, 0.3) is 11.3 Å². The Hall–Kier alpha value is -1.81. The fraction of sp³-hybridized carbons (Fsp3) is 0.250. The van der Waals surface area contributed by atoms with Crippen molar-refractivity contribution in [3.05, 3.63) is 42.1 Å². The Morgan fingerprint density at radius 1 is 1.31 bits per heavy atom. The summed E-state index contributed by atoms with van der Waals surface area (Å²) in [6.07, 6.45) is 3.52. The molecule has 0 bridgehead atoms. The number of aromatic nitrogens is 3. The molecule has 2 aromatic heterocycles. The van der Waals surface area contributed by atoms with E-state index in [1.165, 1.54) is 0 Å². The summed E-state index contributed by atoms with van der Waals surface area (Å²) in [7, 11) is 0. The van der Waals surface area contributed by atoms with Crippen molar-refractivity contribution in [2.45, 2.75) is 19.9 Å². The zero-order chi connectivity index (χ0) is 11.5. The smallest absolute Gasteiger partial charge is 0.145 e. The summed E-state index contributed by atoms with van der Waals surface area (Å²) in [5.74, 6) is 0.666. The number of aryl methyl sites for hydroxylation is 1. The molecule has 16 heavy (non-hydrogen) atoms. The first-order chi connectivity index (χ1) is 7.66. The molecule has 0 radical (unpaired) electrons. The lowest BCUT2D eigenvalue weighted by molar-refractivity contribution is 0.735. The van der Waals surface area contributed by atoms with E-state index in [0.717, 1.165) is 17.0 Å². The van der Waals surface area contributed by atoms with Crippen LogP contribution in [0.4, 0.5) is 0 Å². The van der Waals surface area contributed by atoms with Gasteiger partial charge < -0.3 is 5.73 Å². The first-order valence-corrected chi connectivity index (χ1v) is 5.18. The lowest BCUT2D eigenvalue weighted by Gasteiger charge is -2.08.